The first-order chi connectivity index (χ1) is 11.6. The third kappa shape index (κ3) is 4.36. The maximum absolute atomic E-state index is 11.9. The number of rotatable bonds is 7. The van der Waals surface area contributed by atoms with E-state index >= 15 is 0 Å². The molecule has 0 aliphatic rings. The molecule has 0 unspecified atom stereocenters. The Bertz CT molecular complexity index is 857. The van der Waals surface area contributed by atoms with Gasteiger partial charge in [0.25, 0.3) is 0 Å². The van der Waals surface area contributed by atoms with Crippen LogP contribution in [0.15, 0.2) is 75.4 Å². The topological polar surface area (TPSA) is 52.6 Å². The predicted octanol–water partition coefficient (Wildman–Crippen LogP) is 3.19. The van der Waals surface area contributed by atoms with Crippen LogP contribution in [-0.2, 0) is 14.3 Å². The van der Waals surface area contributed by atoms with Gasteiger partial charge in [0, 0.05) is 0 Å². The average Bonchev–Trinajstić information content (AvgIpc) is 3.16. The van der Waals surface area contributed by atoms with E-state index in [9.17, 15) is 8.42 Å². The number of ether oxygens (including phenoxy) is 1. The molecule has 0 spiro atoms. The van der Waals surface area contributed by atoms with Gasteiger partial charge < -0.3 is 0 Å². The van der Waals surface area contributed by atoms with Crippen molar-refractivity contribution in [1.82, 2.24) is 0 Å². The molecule has 4 nitrogen and oxygen atoms in total. The molecule has 0 aliphatic carbocycles. The van der Waals surface area contributed by atoms with E-state index in [1.54, 1.807) is 12.1 Å². The van der Waals surface area contributed by atoms with E-state index in [0.717, 1.165) is 11.1 Å². The van der Waals surface area contributed by atoms with E-state index in [1.165, 1.54) is 0 Å². The van der Waals surface area contributed by atoms with E-state index in [-0.39, 0.29) is 27.7 Å². The summed E-state index contributed by atoms with van der Waals surface area (Å²) in [5.74, 6) is 0.682. The van der Waals surface area contributed by atoms with Gasteiger partial charge in [-0.05, 0) is 0 Å². The number of hydrogen-bond donors (Lipinski definition) is 0. The standard InChI is InChI=1S/C18H16O4SSe/c19-23(20,18-7-4-14-24-18)22-13-12-21-17-10-8-16(9-11-17)15-5-2-1-3-6-15/h1-11,14H,12-13H2. The van der Waals surface area contributed by atoms with Crippen LogP contribution in [0.5, 0.6) is 5.75 Å². The molecule has 0 saturated heterocycles. The zero-order chi connectivity index (χ0) is 16.8. The summed E-state index contributed by atoms with van der Waals surface area (Å²) in [5.41, 5.74) is 2.24. The van der Waals surface area contributed by atoms with Crippen LogP contribution < -0.4 is 4.74 Å². The van der Waals surface area contributed by atoms with E-state index in [1.807, 2.05) is 59.5 Å². The Morgan fingerprint density at radius 1 is 0.792 bits per heavy atom. The third-order valence-electron chi connectivity index (χ3n) is 3.29. The monoisotopic (exact) mass is 408 g/mol. The summed E-state index contributed by atoms with van der Waals surface area (Å²) >= 11 is -0.160. The second kappa shape index (κ2) is 7.81. The second-order valence-corrected chi connectivity index (χ2v) is 9.10. The van der Waals surface area contributed by atoms with Gasteiger partial charge in [0.15, 0.2) is 0 Å². The third-order valence-corrected chi connectivity index (χ3v) is 7.57. The molecule has 3 rings (SSSR count). The summed E-state index contributed by atoms with van der Waals surface area (Å²) in [7, 11) is -3.61. The minimum absolute atomic E-state index is 0.00378. The average molecular weight is 407 g/mol. The summed E-state index contributed by atoms with van der Waals surface area (Å²) < 4.78 is 34.6. The van der Waals surface area contributed by atoms with Crippen molar-refractivity contribution in [3.63, 3.8) is 0 Å². The van der Waals surface area contributed by atoms with Gasteiger partial charge >= 0.3 is 129 Å². The molecular weight excluding hydrogens is 391 g/mol. The Balaban J connectivity index is 1.51. The van der Waals surface area contributed by atoms with Crippen LogP contribution in [0.25, 0.3) is 11.1 Å². The van der Waals surface area contributed by atoms with Crippen molar-refractivity contribution in [2.24, 2.45) is 0 Å². The molecule has 24 heavy (non-hydrogen) atoms. The van der Waals surface area contributed by atoms with E-state index in [0.29, 0.717) is 9.52 Å². The quantitative estimate of drug-likeness (QED) is 0.343. The molecule has 1 aromatic heterocycles. The molecule has 1 heterocycles. The van der Waals surface area contributed by atoms with Crippen LogP contribution in [-0.4, -0.2) is 36.1 Å². The van der Waals surface area contributed by atoms with Gasteiger partial charge in [-0.3, -0.25) is 0 Å². The van der Waals surface area contributed by atoms with Crippen LogP contribution in [0.2, 0.25) is 0 Å². The van der Waals surface area contributed by atoms with E-state index < -0.39 is 10.1 Å². The van der Waals surface area contributed by atoms with Gasteiger partial charge in [-0.2, -0.15) is 0 Å². The fourth-order valence-electron chi connectivity index (χ4n) is 2.14. The van der Waals surface area contributed by atoms with Crippen LogP contribution in [0.4, 0.5) is 0 Å². The summed E-state index contributed by atoms with van der Waals surface area (Å²) in [6, 6.07) is 21.0. The molecule has 0 saturated carbocycles. The normalized spacial score (nSPS) is 11.3. The fraction of sp³-hybridized carbons (Fsp3) is 0.111. The van der Waals surface area contributed by atoms with E-state index in [2.05, 4.69) is 0 Å². The Labute approximate surface area is 147 Å². The molecule has 0 atom stereocenters. The van der Waals surface area contributed by atoms with E-state index in [4.69, 9.17) is 8.92 Å². The molecule has 2 aromatic carbocycles. The molecule has 0 aliphatic heterocycles. The first-order valence-corrected chi connectivity index (χ1v) is 10.6. The van der Waals surface area contributed by atoms with Crippen molar-refractivity contribution in [2.75, 3.05) is 13.2 Å². The van der Waals surface area contributed by atoms with Crippen LogP contribution >= 0.6 is 0 Å². The Hall–Kier alpha value is -1.85. The molecule has 0 bridgehead atoms. The first-order valence-electron chi connectivity index (χ1n) is 7.36. The van der Waals surface area contributed by atoms with Crippen molar-refractivity contribution >= 4 is 24.6 Å². The van der Waals surface area contributed by atoms with Crippen molar-refractivity contribution in [3.8, 4) is 16.9 Å². The Kier molecular flexibility index (Phi) is 5.53. The predicted molar refractivity (Wildman–Crippen MR) is 93.9 cm³/mol. The van der Waals surface area contributed by atoms with Crippen molar-refractivity contribution in [2.45, 2.75) is 3.77 Å². The zero-order valence-corrected chi connectivity index (χ0v) is 15.3. The van der Waals surface area contributed by atoms with Gasteiger partial charge in [0.2, 0.25) is 0 Å². The minimum atomic E-state index is -3.61. The summed E-state index contributed by atoms with van der Waals surface area (Å²) in [4.78, 5) is 1.84. The Morgan fingerprint density at radius 2 is 1.50 bits per heavy atom. The summed E-state index contributed by atoms with van der Waals surface area (Å²) in [6.45, 7) is 0.174. The van der Waals surface area contributed by atoms with Gasteiger partial charge in [0.05, 0.1) is 0 Å². The number of benzene rings is 2. The van der Waals surface area contributed by atoms with Crippen molar-refractivity contribution in [1.29, 1.82) is 0 Å². The van der Waals surface area contributed by atoms with Crippen molar-refractivity contribution < 1.29 is 17.3 Å². The molecule has 0 radical (unpaired) electrons. The van der Waals surface area contributed by atoms with Crippen LogP contribution in [0.1, 0.15) is 0 Å². The second-order valence-electron chi connectivity index (χ2n) is 4.95. The first kappa shape index (κ1) is 17.0. The molecule has 3 aromatic rings. The summed E-state index contributed by atoms with van der Waals surface area (Å²) in [6.07, 6.45) is 0. The molecule has 6 heteroatoms. The Morgan fingerprint density at radius 3 is 2.17 bits per heavy atom. The van der Waals surface area contributed by atoms with Gasteiger partial charge in [-0.15, -0.1) is 0 Å². The molecule has 0 amide bonds. The van der Waals surface area contributed by atoms with Crippen molar-refractivity contribution in [3.05, 3.63) is 71.7 Å². The fourth-order valence-corrected chi connectivity index (χ4v) is 5.18. The maximum atomic E-state index is 11.9. The SMILES string of the molecule is O=S(=O)(OCCOc1ccc(-c2ccccc2)cc1)c1ccc[se]1. The zero-order valence-electron chi connectivity index (χ0n) is 12.8. The van der Waals surface area contributed by atoms with Crippen LogP contribution in [0.3, 0.4) is 0 Å². The molecule has 0 N–H and O–H groups in total. The number of hydrogen-bond acceptors (Lipinski definition) is 4. The summed E-state index contributed by atoms with van der Waals surface area (Å²) in [5, 5.41) is 0. The van der Waals surface area contributed by atoms with Gasteiger partial charge in [-0.25, -0.2) is 0 Å². The van der Waals surface area contributed by atoms with Crippen LogP contribution in [0, 0.1) is 0 Å². The van der Waals surface area contributed by atoms with Gasteiger partial charge in [0.1, 0.15) is 0 Å². The molecule has 0 fully saturated rings. The molecule has 124 valence electrons. The van der Waals surface area contributed by atoms with Gasteiger partial charge in [-0.1, -0.05) is 18.2 Å². The molecular formula is C18H16O4SSe.